The van der Waals surface area contributed by atoms with Gasteiger partial charge < -0.3 is 19.7 Å². The van der Waals surface area contributed by atoms with E-state index >= 15 is 0 Å². The lowest BCUT2D eigenvalue weighted by Gasteiger charge is -2.18. The summed E-state index contributed by atoms with van der Waals surface area (Å²) >= 11 is 6.42. The maximum Gasteiger partial charge on any atom is 0.341 e. The molecule has 1 saturated heterocycles. The van der Waals surface area contributed by atoms with Crippen molar-refractivity contribution in [3.8, 4) is 5.75 Å². The Labute approximate surface area is 165 Å². The van der Waals surface area contributed by atoms with Gasteiger partial charge in [-0.15, -0.1) is 12.4 Å². The molecule has 27 heavy (non-hydrogen) atoms. The lowest BCUT2D eigenvalue weighted by atomic mass is 10.1. The van der Waals surface area contributed by atoms with Gasteiger partial charge in [-0.2, -0.15) is 0 Å². The smallest absolute Gasteiger partial charge is 0.341 e. The van der Waals surface area contributed by atoms with E-state index < -0.39 is 17.2 Å². The van der Waals surface area contributed by atoms with Crippen molar-refractivity contribution in [1.82, 2.24) is 9.88 Å². The highest BCUT2D eigenvalue weighted by atomic mass is 35.5. The molecule has 9 heteroatoms. The van der Waals surface area contributed by atoms with Crippen LogP contribution in [0.3, 0.4) is 0 Å². The zero-order chi connectivity index (χ0) is 18.4. The van der Waals surface area contributed by atoms with Gasteiger partial charge in [0, 0.05) is 18.3 Å². The lowest BCUT2D eigenvalue weighted by molar-refractivity contribution is 0.0695. The summed E-state index contributed by atoms with van der Waals surface area (Å²) in [6.45, 7) is 1.18. The molecule has 0 spiro atoms. The summed E-state index contributed by atoms with van der Waals surface area (Å²) < 4.78 is 21.9. The average molecular weight is 417 g/mol. The maximum absolute atomic E-state index is 14.6. The van der Waals surface area contributed by atoms with Crippen LogP contribution in [0.5, 0.6) is 5.75 Å². The molecule has 0 radical (unpaired) electrons. The molecule has 1 aromatic carbocycles. The number of hydrogen-bond donors (Lipinski definition) is 2. The van der Waals surface area contributed by atoms with E-state index in [1.165, 1.54) is 6.20 Å². The Morgan fingerprint density at radius 1 is 1.41 bits per heavy atom. The van der Waals surface area contributed by atoms with Gasteiger partial charge in [0.1, 0.15) is 17.2 Å². The van der Waals surface area contributed by atoms with Gasteiger partial charge in [0.25, 0.3) is 0 Å². The fourth-order valence-electron chi connectivity index (χ4n) is 3.43. The van der Waals surface area contributed by atoms with Gasteiger partial charge in [0.2, 0.25) is 5.43 Å². The van der Waals surface area contributed by atoms with E-state index in [0.29, 0.717) is 5.52 Å². The van der Waals surface area contributed by atoms with E-state index in [1.807, 2.05) is 0 Å². The quantitative estimate of drug-likeness (QED) is 0.780. The molecule has 0 bridgehead atoms. The van der Waals surface area contributed by atoms with Gasteiger partial charge in [-0.3, -0.25) is 4.79 Å². The van der Waals surface area contributed by atoms with Crippen LogP contribution in [0.2, 0.25) is 5.02 Å². The molecule has 2 heterocycles. The summed E-state index contributed by atoms with van der Waals surface area (Å²) in [4.78, 5) is 23.9. The Hall–Kier alpha value is -1.83. The van der Waals surface area contributed by atoms with Crippen molar-refractivity contribution in [2.24, 2.45) is 0 Å². The summed E-state index contributed by atoms with van der Waals surface area (Å²) in [7, 11) is 0. The highest BCUT2D eigenvalue weighted by Gasteiger charge is 2.30. The van der Waals surface area contributed by atoms with Gasteiger partial charge in [-0.05, 0) is 38.3 Å². The summed E-state index contributed by atoms with van der Waals surface area (Å²) in [5.41, 5.74) is -0.794. The molecule has 4 rings (SSSR count). The molecular weight excluding hydrogens is 398 g/mol. The van der Waals surface area contributed by atoms with Crippen LogP contribution >= 0.6 is 24.0 Å². The molecule has 2 aliphatic rings. The number of carboxylic acids is 1. The Kier molecular flexibility index (Phi) is 5.65. The molecule has 1 aliphatic carbocycles. The summed E-state index contributed by atoms with van der Waals surface area (Å²) in [6.07, 6.45) is 5.00. The minimum absolute atomic E-state index is 0. The molecule has 2 fully saturated rings. The molecule has 2 aromatic rings. The fraction of sp³-hybridized carbons (Fsp3) is 0.444. The fourth-order valence-corrected chi connectivity index (χ4v) is 3.78. The maximum atomic E-state index is 14.6. The minimum atomic E-state index is -1.34. The predicted octanol–water partition coefficient (Wildman–Crippen LogP) is 3.38. The number of ether oxygens (including phenoxy) is 1. The second-order valence-corrected chi connectivity index (χ2v) is 7.20. The first kappa shape index (κ1) is 19.9. The van der Waals surface area contributed by atoms with Crippen molar-refractivity contribution in [3.63, 3.8) is 0 Å². The first-order chi connectivity index (χ1) is 12.5. The number of nitrogens with one attached hydrogen (secondary N) is 1. The average Bonchev–Trinajstić information content (AvgIpc) is 3.31. The minimum Gasteiger partial charge on any atom is -0.487 e. The summed E-state index contributed by atoms with van der Waals surface area (Å²) in [6, 6.07) is 1.23. The van der Waals surface area contributed by atoms with Crippen molar-refractivity contribution in [3.05, 3.63) is 38.9 Å². The summed E-state index contributed by atoms with van der Waals surface area (Å²) in [5.74, 6) is -2.19. The molecule has 1 aliphatic heterocycles. The van der Waals surface area contributed by atoms with Crippen molar-refractivity contribution in [1.29, 1.82) is 0 Å². The van der Waals surface area contributed by atoms with Crippen LogP contribution in [-0.4, -0.2) is 34.8 Å². The Balaban J connectivity index is 0.00000210. The van der Waals surface area contributed by atoms with Gasteiger partial charge >= 0.3 is 5.97 Å². The van der Waals surface area contributed by atoms with Crippen LogP contribution in [0.4, 0.5) is 4.39 Å². The van der Waals surface area contributed by atoms with Crippen molar-refractivity contribution < 1.29 is 19.0 Å². The van der Waals surface area contributed by atoms with E-state index in [2.05, 4.69) is 5.32 Å². The number of hydrogen-bond acceptors (Lipinski definition) is 4. The SMILES string of the molecule is Cl.O=C(O)c1cn(C2CC2)c2c(Cl)c(OCC3CCCN3)c(F)cc2c1=O. The normalized spacial score (nSPS) is 19.1. The number of benzene rings is 1. The number of aromatic carboxylic acids is 1. The molecule has 6 nitrogen and oxygen atoms in total. The zero-order valence-corrected chi connectivity index (χ0v) is 15.9. The number of nitrogens with zero attached hydrogens (tertiary/aromatic N) is 1. The Morgan fingerprint density at radius 3 is 2.74 bits per heavy atom. The molecule has 1 saturated carbocycles. The van der Waals surface area contributed by atoms with Crippen LogP contribution in [-0.2, 0) is 0 Å². The lowest BCUT2D eigenvalue weighted by Crippen LogP contribution is -2.28. The third kappa shape index (κ3) is 3.63. The zero-order valence-electron chi connectivity index (χ0n) is 14.3. The number of pyridine rings is 1. The van der Waals surface area contributed by atoms with Crippen LogP contribution in [0.25, 0.3) is 10.9 Å². The molecular formula is C18H19Cl2FN2O4. The van der Waals surface area contributed by atoms with Crippen molar-refractivity contribution >= 4 is 40.9 Å². The molecule has 0 amide bonds. The second kappa shape index (κ2) is 7.66. The molecule has 1 atom stereocenters. The van der Waals surface area contributed by atoms with Crippen LogP contribution in [0, 0.1) is 5.82 Å². The number of carboxylic acid groups (broad SMARTS) is 1. The van der Waals surface area contributed by atoms with E-state index in [0.717, 1.165) is 38.3 Å². The second-order valence-electron chi connectivity index (χ2n) is 6.82. The van der Waals surface area contributed by atoms with Gasteiger partial charge in [-0.25, -0.2) is 9.18 Å². The van der Waals surface area contributed by atoms with Crippen LogP contribution in [0.15, 0.2) is 17.1 Å². The topological polar surface area (TPSA) is 80.6 Å². The number of carbonyl (C=O) groups is 1. The monoisotopic (exact) mass is 416 g/mol. The van der Waals surface area contributed by atoms with Crippen LogP contribution in [0.1, 0.15) is 42.1 Å². The third-order valence-corrected chi connectivity index (χ3v) is 5.28. The molecule has 1 aromatic heterocycles. The van der Waals surface area contributed by atoms with Gasteiger partial charge in [0.15, 0.2) is 11.6 Å². The van der Waals surface area contributed by atoms with Crippen molar-refractivity contribution in [2.45, 2.75) is 37.8 Å². The van der Waals surface area contributed by atoms with Gasteiger partial charge in [-0.1, -0.05) is 11.6 Å². The van der Waals surface area contributed by atoms with Crippen LogP contribution < -0.4 is 15.5 Å². The highest BCUT2D eigenvalue weighted by Crippen LogP contribution is 2.41. The Bertz CT molecular complexity index is 953. The first-order valence-corrected chi connectivity index (χ1v) is 9.01. The number of rotatable bonds is 5. The number of aromatic nitrogens is 1. The molecule has 146 valence electrons. The van der Waals surface area contributed by atoms with E-state index in [4.69, 9.17) is 16.3 Å². The number of halogens is 3. The van der Waals surface area contributed by atoms with Crippen molar-refractivity contribution in [2.75, 3.05) is 13.2 Å². The van der Waals surface area contributed by atoms with E-state index in [9.17, 15) is 19.1 Å². The van der Waals surface area contributed by atoms with E-state index in [1.54, 1.807) is 4.57 Å². The Morgan fingerprint density at radius 2 is 2.15 bits per heavy atom. The van der Waals surface area contributed by atoms with Gasteiger partial charge in [0.05, 0.1) is 10.9 Å². The van der Waals surface area contributed by atoms with E-state index in [-0.39, 0.29) is 52.8 Å². The molecule has 2 N–H and O–H groups in total. The highest BCUT2D eigenvalue weighted by molar-refractivity contribution is 6.36. The number of fused-ring (bicyclic) bond motifs is 1. The third-order valence-electron chi connectivity index (χ3n) is 4.93. The summed E-state index contributed by atoms with van der Waals surface area (Å²) in [5, 5.41) is 12.5. The molecule has 1 unspecified atom stereocenters. The largest absolute Gasteiger partial charge is 0.487 e. The predicted molar refractivity (Wildman–Crippen MR) is 102 cm³/mol. The first-order valence-electron chi connectivity index (χ1n) is 8.63. The standard InChI is InChI=1S/C18H18ClFN2O4.ClH/c19-14-15-11(6-13(20)17(14)26-8-9-2-1-5-21-9)16(23)12(18(24)25)7-22(15)10-3-4-10;/h6-7,9-10,21H,1-5,8H2,(H,24,25);1H.